The van der Waals surface area contributed by atoms with Crippen molar-refractivity contribution in [1.82, 2.24) is 10.2 Å². The predicted octanol–water partition coefficient (Wildman–Crippen LogP) is 0.867. The van der Waals surface area contributed by atoms with Crippen LogP contribution in [0.25, 0.3) is 0 Å². The van der Waals surface area contributed by atoms with Crippen LogP contribution in [-0.2, 0) is 4.79 Å². The van der Waals surface area contributed by atoms with Crippen LogP contribution in [0.1, 0.15) is 18.4 Å². The molecular formula is C16H19N5O3. The Bertz CT molecular complexity index is 687. The second kappa shape index (κ2) is 6.84. The molecule has 1 aromatic carbocycles. The number of hydrogen-bond donors (Lipinski definition) is 1. The number of nitrogens with one attached hydrogen (secondary N) is 1. The number of nitro groups is 1. The molecule has 0 unspecified atom stereocenters. The van der Waals surface area contributed by atoms with E-state index in [1.165, 1.54) is 6.07 Å². The van der Waals surface area contributed by atoms with Crippen molar-refractivity contribution in [3.05, 3.63) is 33.9 Å². The smallest absolute Gasteiger partial charge is 0.293 e. The van der Waals surface area contributed by atoms with E-state index in [0.717, 1.165) is 12.8 Å². The van der Waals surface area contributed by atoms with Crippen LogP contribution < -0.4 is 10.2 Å². The predicted molar refractivity (Wildman–Crippen MR) is 87.6 cm³/mol. The maximum absolute atomic E-state index is 11.8. The van der Waals surface area contributed by atoms with Crippen molar-refractivity contribution in [2.75, 3.05) is 37.6 Å². The largest absolute Gasteiger partial charge is 0.363 e. The number of carbonyl (C=O) groups excluding carboxylic acids is 1. The Kier molecular flexibility index (Phi) is 4.62. The molecule has 1 aliphatic heterocycles. The van der Waals surface area contributed by atoms with Crippen LogP contribution >= 0.6 is 0 Å². The van der Waals surface area contributed by atoms with E-state index in [9.17, 15) is 14.9 Å². The van der Waals surface area contributed by atoms with Crippen LogP contribution in [0.5, 0.6) is 0 Å². The van der Waals surface area contributed by atoms with Gasteiger partial charge in [-0.25, -0.2) is 0 Å². The van der Waals surface area contributed by atoms with E-state index in [1.807, 2.05) is 11.0 Å². The van der Waals surface area contributed by atoms with Gasteiger partial charge in [-0.2, -0.15) is 5.26 Å². The second-order valence-electron chi connectivity index (χ2n) is 6.18. The summed E-state index contributed by atoms with van der Waals surface area (Å²) < 4.78 is 0. The SMILES string of the molecule is N#Cc1ccc(N2CCN(CC(=O)NC3CC3)CC2)c([N+](=O)[O-])c1. The minimum atomic E-state index is -0.453. The van der Waals surface area contributed by atoms with Crippen LogP contribution in [0.4, 0.5) is 11.4 Å². The van der Waals surface area contributed by atoms with Gasteiger partial charge in [0.05, 0.1) is 23.1 Å². The Morgan fingerprint density at radius 1 is 1.33 bits per heavy atom. The molecule has 0 radical (unpaired) electrons. The van der Waals surface area contributed by atoms with Gasteiger partial charge in [-0.1, -0.05) is 0 Å². The zero-order chi connectivity index (χ0) is 17.1. The molecule has 0 atom stereocenters. The molecule has 8 nitrogen and oxygen atoms in total. The number of rotatable bonds is 5. The molecule has 0 aromatic heterocycles. The maximum Gasteiger partial charge on any atom is 0.293 e. The third-order valence-electron chi connectivity index (χ3n) is 4.32. The highest BCUT2D eigenvalue weighted by atomic mass is 16.6. The van der Waals surface area contributed by atoms with Crippen molar-refractivity contribution in [2.24, 2.45) is 0 Å². The molecule has 2 aliphatic rings. The Morgan fingerprint density at radius 3 is 2.62 bits per heavy atom. The number of benzene rings is 1. The normalized spacial score (nSPS) is 18.0. The van der Waals surface area contributed by atoms with Crippen LogP contribution in [-0.4, -0.2) is 54.5 Å². The lowest BCUT2D eigenvalue weighted by Crippen LogP contribution is -2.49. The molecule has 1 heterocycles. The third-order valence-corrected chi connectivity index (χ3v) is 4.32. The number of nitrogens with zero attached hydrogens (tertiary/aromatic N) is 4. The Labute approximate surface area is 139 Å². The first-order valence-electron chi connectivity index (χ1n) is 8.02. The number of piperazine rings is 1. The number of amides is 1. The summed E-state index contributed by atoms with van der Waals surface area (Å²) in [4.78, 5) is 26.6. The molecule has 0 bridgehead atoms. The van der Waals surface area contributed by atoms with Crippen molar-refractivity contribution in [1.29, 1.82) is 5.26 Å². The lowest BCUT2D eigenvalue weighted by atomic mass is 10.1. The van der Waals surface area contributed by atoms with E-state index in [4.69, 9.17) is 5.26 Å². The zero-order valence-electron chi connectivity index (χ0n) is 13.3. The first-order chi connectivity index (χ1) is 11.6. The average Bonchev–Trinajstić information content (AvgIpc) is 3.38. The zero-order valence-corrected chi connectivity index (χ0v) is 13.3. The summed E-state index contributed by atoms with van der Waals surface area (Å²) in [6, 6.07) is 6.82. The molecule has 3 rings (SSSR count). The lowest BCUT2D eigenvalue weighted by molar-refractivity contribution is -0.384. The fraction of sp³-hybridized carbons (Fsp3) is 0.500. The highest BCUT2D eigenvalue weighted by Crippen LogP contribution is 2.29. The standard InChI is InChI=1S/C16H19N5O3/c17-10-12-1-4-14(15(9-12)21(23)24)20-7-5-19(6-8-20)11-16(22)18-13-2-3-13/h1,4,9,13H,2-3,5-8,11H2,(H,18,22). The molecule has 1 aliphatic carbocycles. The van der Waals surface area contributed by atoms with Crippen LogP contribution in [0.3, 0.4) is 0 Å². The minimum absolute atomic E-state index is 0.0472. The van der Waals surface area contributed by atoms with Crippen LogP contribution in [0.15, 0.2) is 18.2 Å². The molecule has 126 valence electrons. The van der Waals surface area contributed by atoms with E-state index in [0.29, 0.717) is 44.5 Å². The van der Waals surface area contributed by atoms with Gasteiger partial charge in [0.25, 0.3) is 5.69 Å². The summed E-state index contributed by atoms with van der Waals surface area (Å²) in [5, 5.41) is 23.1. The number of nitro benzene ring substituents is 1. The fourth-order valence-corrected chi connectivity index (χ4v) is 2.86. The molecule has 1 amide bonds. The summed E-state index contributed by atoms with van der Waals surface area (Å²) in [5.74, 6) is 0.0512. The molecular weight excluding hydrogens is 310 g/mol. The third kappa shape index (κ3) is 3.81. The van der Waals surface area contributed by atoms with Crippen LogP contribution in [0.2, 0.25) is 0 Å². The van der Waals surface area contributed by atoms with E-state index in [-0.39, 0.29) is 17.2 Å². The average molecular weight is 329 g/mol. The highest BCUT2D eigenvalue weighted by molar-refractivity contribution is 5.78. The fourth-order valence-electron chi connectivity index (χ4n) is 2.86. The van der Waals surface area contributed by atoms with E-state index in [2.05, 4.69) is 10.2 Å². The van der Waals surface area contributed by atoms with Gasteiger partial charge in [0.2, 0.25) is 5.91 Å². The number of hydrogen-bond acceptors (Lipinski definition) is 6. The molecule has 24 heavy (non-hydrogen) atoms. The van der Waals surface area contributed by atoms with Crippen molar-refractivity contribution in [2.45, 2.75) is 18.9 Å². The number of nitriles is 1. The van der Waals surface area contributed by atoms with Crippen molar-refractivity contribution in [3.8, 4) is 6.07 Å². The molecule has 1 saturated carbocycles. The Balaban J connectivity index is 1.61. The van der Waals surface area contributed by atoms with Gasteiger partial charge in [-0.15, -0.1) is 0 Å². The van der Waals surface area contributed by atoms with Gasteiger partial charge in [0.1, 0.15) is 5.69 Å². The van der Waals surface area contributed by atoms with Crippen LogP contribution in [0, 0.1) is 21.4 Å². The topological polar surface area (TPSA) is 103 Å². The summed E-state index contributed by atoms with van der Waals surface area (Å²) in [7, 11) is 0. The van der Waals surface area contributed by atoms with Gasteiger partial charge < -0.3 is 10.2 Å². The molecule has 2 fully saturated rings. The van der Waals surface area contributed by atoms with Gasteiger partial charge in [0, 0.05) is 38.3 Å². The van der Waals surface area contributed by atoms with Crippen molar-refractivity contribution >= 4 is 17.3 Å². The summed E-state index contributed by atoms with van der Waals surface area (Å²) in [6.07, 6.45) is 2.14. The monoisotopic (exact) mass is 329 g/mol. The quantitative estimate of drug-likeness (QED) is 0.635. The van der Waals surface area contributed by atoms with Gasteiger partial charge in [-0.3, -0.25) is 19.8 Å². The number of carbonyl (C=O) groups is 1. The van der Waals surface area contributed by atoms with E-state index >= 15 is 0 Å². The van der Waals surface area contributed by atoms with E-state index in [1.54, 1.807) is 12.1 Å². The molecule has 1 saturated heterocycles. The summed E-state index contributed by atoms with van der Waals surface area (Å²) >= 11 is 0. The van der Waals surface area contributed by atoms with Gasteiger partial charge in [-0.05, 0) is 25.0 Å². The number of anilines is 1. The first-order valence-corrected chi connectivity index (χ1v) is 8.02. The Morgan fingerprint density at radius 2 is 2.04 bits per heavy atom. The first kappa shape index (κ1) is 16.2. The summed E-state index contributed by atoms with van der Waals surface area (Å²) in [6.45, 7) is 2.96. The molecule has 0 spiro atoms. The summed E-state index contributed by atoms with van der Waals surface area (Å²) in [5.41, 5.74) is 0.760. The minimum Gasteiger partial charge on any atom is -0.363 e. The van der Waals surface area contributed by atoms with Gasteiger partial charge in [0.15, 0.2) is 0 Å². The maximum atomic E-state index is 11.8. The molecule has 8 heteroatoms. The Hall–Kier alpha value is -2.66. The van der Waals surface area contributed by atoms with Crippen molar-refractivity contribution in [3.63, 3.8) is 0 Å². The highest BCUT2D eigenvalue weighted by Gasteiger charge is 2.27. The van der Waals surface area contributed by atoms with E-state index < -0.39 is 4.92 Å². The second-order valence-corrected chi connectivity index (χ2v) is 6.18. The van der Waals surface area contributed by atoms with Gasteiger partial charge >= 0.3 is 0 Å². The molecule has 1 N–H and O–H groups in total. The van der Waals surface area contributed by atoms with Crippen molar-refractivity contribution < 1.29 is 9.72 Å². The lowest BCUT2D eigenvalue weighted by Gasteiger charge is -2.35. The molecule has 1 aromatic rings.